The third-order valence-electron chi connectivity index (χ3n) is 4.32. The highest BCUT2D eigenvalue weighted by molar-refractivity contribution is 7.89. The summed E-state index contributed by atoms with van der Waals surface area (Å²) in [7, 11) is -3.74. The molecule has 0 unspecified atom stereocenters. The van der Waals surface area contributed by atoms with Gasteiger partial charge in [0.05, 0.1) is 11.4 Å². The van der Waals surface area contributed by atoms with Crippen LogP contribution in [0.15, 0.2) is 65.6 Å². The van der Waals surface area contributed by atoms with E-state index in [1.807, 2.05) is 37.3 Å². The number of hydrogen-bond donors (Lipinski definition) is 1. The van der Waals surface area contributed by atoms with Gasteiger partial charge in [0, 0.05) is 12.6 Å². The highest BCUT2D eigenvalue weighted by atomic mass is 32.2. The molecule has 1 atom stereocenters. The lowest BCUT2D eigenvalue weighted by molar-refractivity contribution is -0.121. The molecule has 0 heterocycles. The van der Waals surface area contributed by atoms with Gasteiger partial charge < -0.3 is 5.32 Å². The third kappa shape index (κ3) is 6.48. The summed E-state index contributed by atoms with van der Waals surface area (Å²) in [6.07, 6.45) is 2.37. The molecule has 0 aromatic heterocycles. The minimum atomic E-state index is -3.74. The average molecular weight is 389 g/mol. The molecular formula is C21H28N2O3S. The van der Waals surface area contributed by atoms with E-state index in [0.717, 1.165) is 18.4 Å². The SMILES string of the molecule is CCC[C@H](C)NC(=O)CN(CCc1ccccc1)S(=O)(=O)c1ccccc1. The van der Waals surface area contributed by atoms with Crippen LogP contribution in [-0.4, -0.2) is 37.8 Å². The van der Waals surface area contributed by atoms with E-state index in [2.05, 4.69) is 12.2 Å². The first-order chi connectivity index (χ1) is 12.9. The molecule has 2 aromatic rings. The molecule has 0 fully saturated rings. The molecule has 1 N–H and O–H groups in total. The largest absolute Gasteiger partial charge is 0.353 e. The first-order valence-corrected chi connectivity index (χ1v) is 10.8. The van der Waals surface area contributed by atoms with E-state index < -0.39 is 10.0 Å². The van der Waals surface area contributed by atoms with Crippen molar-refractivity contribution in [3.05, 3.63) is 66.2 Å². The number of benzene rings is 2. The minimum Gasteiger partial charge on any atom is -0.353 e. The maximum Gasteiger partial charge on any atom is 0.243 e. The summed E-state index contributed by atoms with van der Waals surface area (Å²) < 4.78 is 27.4. The number of carbonyl (C=O) groups excluding carboxylic acids is 1. The van der Waals surface area contributed by atoms with Crippen molar-refractivity contribution in [1.29, 1.82) is 0 Å². The molecule has 0 aliphatic rings. The van der Waals surface area contributed by atoms with Crippen molar-refractivity contribution in [1.82, 2.24) is 9.62 Å². The van der Waals surface area contributed by atoms with E-state index in [0.29, 0.717) is 6.42 Å². The fraction of sp³-hybridized carbons (Fsp3) is 0.381. The van der Waals surface area contributed by atoms with Crippen LogP contribution in [0.1, 0.15) is 32.3 Å². The topological polar surface area (TPSA) is 66.5 Å². The Hall–Kier alpha value is -2.18. The molecule has 5 nitrogen and oxygen atoms in total. The lowest BCUT2D eigenvalue weighted by atomic mass is 10.1. The normalized spacial score (nSPS) is 12.7. The first kappa shape index (κ1) is 21.1. The molecule has 0 radical (unpaired) electrons. The van der Waals surface area contributed by atoms with Crippen molar-refractivity contribution in [2.45, 2.75) is 44.0 Å². The smallest absolute Gasteiger partial charge is 0.243 e. The molecule has 2 rings (SSSR count). The monoisotopic (exact) mass is 388 g/mol. The Morgan fingerprint density at radius 1 is 1.04 bits per heavy atom. The lowest BCUT2D eigenvalue weighted by Crippen LogP contribution is -2.44. The maximum atomic E-state index is 13.0. The van der Waals surface area contributed by atoms with E-state index in [4.69, 9.17) is 0 Å². The van der Waals surface area contributed by atoms with Crippen LogP contribution in [0.4, 0.5) is 0 Å². The van der Waals surface area contributed by atoms with Gasteiger partial charge in [0.15, 0.2) is 0 Å². The van der Waals surface area contributed by atoms with Gasteiger partial charge in [-0.1, -0.05) is 61.9 Å². The van der Waals surface area contributed by atoms with Gasteiger partial charge in [-0.2, -0.15) is 4.31 Å². The second-order valence-corrected chi connectivity index (χ2v) is 8.58. The predicted octanol–water partition coefficient (Wildman–Crippen LogP) is 3.22. The molecule has 146 valence electrons. The van der Waals surface area contributed by atoms with Gasteiger partial charge in [-0.25, -0.2) is 8.42 Å². The van der Waals surface area contributed by atoms with Gasteiger partial charge in [0.2, 0.25) is 15.9 Å². The Kier molecular flexibility index (Phi) is 8.00. The van der Waals surface area contributed by atoms with Crippen LogP contribution in [0.2, 0.25) is 0 Å². The molecule has 6 heteroatoms. The summed E-state index contributed by atoms with van der Waals surface area (Å²) in [5.41, 5.74) is 1.03. The number of rotatable bonds is 10. The number of sulfonamides is 1. The maximum absolute atomic E-state index is 13.0. The highest BCUT2D eigenvalue weighted by Gasteiger charge is 2.26. The number of hydrogen-bond acceptors (Lipinski definition) is 3. The van der Waals surface area contributed by atoms with Gasteiger partial charge in [0.25, 0.3) is 0 Å². The second-order valence-electron chi connectivity index (χ2n) is 6.64. The zero-order chi connectivity index (χ0) is 19.7. The Labute approximate surface area is 162 Å². The Morgan fingerprint density at radius 2 is 1.63 bits per heavy atom. The lowest BCUT2D eigenvalue weighted by Gasteiger charge is -2.23. The van der Waals surface area contributed by atoms with Crippen molar-refractivity contribution in [3.8, 4) is 0 Å². The van der Waals surface area contributed by atoms with Crippen molar-refractivity contribution in [2.24, 2.45) is 0 Å². The molecule has 2 aromatic carbocycles. The molecule has 27 heavy (non-hydrogen) atoms. The summed E-state index contributed by atoms with van der Waals surface area (Å²) >= 11 is 0. The van der Waals surface area contributed by atoms with Crippen molar-refractivity contribution >= 4 is 15.9 Å². The van der Waals surface area contributed by atoms with Gasteiger partial charge in [-0.05, 0) is 37.5 Å². The Bertz CT molecular complexity index is 808. The molecule has 0 aliphatic carbocycles. The van der Waals surface area contributed by atoms with Gasteiger partial charge in [0.1, 0.15) is 0 Å². The molecule has 0 spiro atoms. The third-order valence-corrected chi connectivity index (χ3v) is 6.18. The van der Waals surface area contributed by atoms with Crippen LogP contribution in [0.3, 0.4) is 0 Å². The standard InChI is InChI=1S/C21H28N2O3S/c1-3-10-18(2)22-21(24)17-23(16-15-19-11-6-4-7-12-19)27(25,26)20-13-8-5-9-14-20/h4-9,11-14,18H,3,10,15-17H2,1-2H3,(H,22,24)/t18-/m0/s1. The quantitative estimate of drug-likeness (QED) is 0.680. The zero-order valence-corrected chi connectivity index (χ0v) is 16.8. The number of nitrogens with zero attached hydrogens (tertiary/aromatic N) is 1. The summed E-state index contributed by atoms with van der Waals surface area (Å²) in [6.45, 7) is 4.05. The fourth-order valence-corrected chi connectivity index (χ4v) is 4.33. The first-order valence-electron chi connectivity index (χ1n) is 9.32. The molecule has 0 saturated heterocycles. The second kappa shape index (κ2) is 10.2. The minimum absolute atomic E-state index is 0.0258. The van der Waals surface area contributed by atoms with Crippen molar-refractivity contribution in [3.63, 3.8) is 0 Å². The predicted molar refractivity (Wildman–Crippen MR) is 108 cm³/mol. The molecular weight excluding hydrogens is 360 g/mol. The Balaban J connectivity index is 2.16. The van der Waals surface area contributed by atoms with Gasteiger partial charge >= 0.3 is 0 Å². The van der Waals surface area contributed by atoms with E-state index in [1.54, 1.807) is 30.3 Å². The summed E-state index contributed by atoms with van der Waals surface area (Å²) in [5.74, 6) is -0.275. The van der Waals surface area contributed by atoms with Crippen LogP contribution in [0, 0.1) is 0 Å². The van der Waals surface area contributed by atoms with Crippen LogP contribution >= 0.6 is 0 Å². The van der Waals surface area contributed by atoms with Crippen LogP contribution in [-0.2, 0) is 21.2 Å². The zero-order valence-electron chi connectivity index (χ0n) is 16.0. The van der Waals surface area contributed by atoms with Gasteiger partial charge in [-0.3, -0.25) is 4.79 Å². The van der Waals surface area contributed by atoms with Crippen LogP contribution in [0.25, 0.3) is 0 Å². The summed E-state index contributed by atoms with van der Waals surface area (Å²) in [4.78, 5) is 12.6. The molecule has 1 amide bonds. The van der Waals surface area contributed by atoms with Crippen LogP contribution in [0.5, 0.6) is 0 Å². The number of nitrogens with one attached hydrogen (secondary N) is 1. The molecule has 0 bridgehead atoms. The van der Waals surface area contributed by atoms with Crippen LogP contribution < -0.4 is 5.32 Å². The summed E-state index contributed by atoms with van der Waals surface area (Å²) in [6, 6.07) is 18.0. The van der Waals surface area contributed by atoms with E-state index in [9.17, 15) is 13.2 Å². The summed E-state index contributed by atoms with van der Waals surface area (Å²) in [5, 5.41) is 2.89. The number of amides is 1. The Morgan fingerprint density at radius 3 is 2.22 bits per heavy atom. The fourth-order valence-electron chi connectivity index (χ4n) is 2.91. The van der Waals surface area contributed by atoms with E-state index in [-0.39, 0.29) is 29.9 Å². The number of carbonyl (C=O) groups is 1. The highest BCUT2D eigenvalue weighted by Crippen LogP contribution is 2.16. The average Bonchev–Trinajstić information content (AvgIpc) is 2.66. The van der Waals surface area contributed by atoms with E-state index in [1.165, 1.54) is 4.31 Å². The van der Waals surface area contributed by atoms with Crippen molar-refractivity contribution in [2.75, 3.05) is 13.1 Å². The molecule has 0 aliphatic heterocycles. The van der Waals surface area contributed by atoms with Crippen molar-refractivity contribution < 1.29 is 13.2 Å². The van der Waals surface area contributed by atoms with Gasteiger partial charge in [-0.15, -0.1) is 0 Å². The van der Waals surface area contributed by atoms with E-state index >= 15 is 0 Å². The molecule has 0 saturated carbocycles.